The van der Waals surface area contributed by atoms with E-state index in [1.54, 1.807) is 46.2 Å². The van der Waals surface area contributed by atoms with Crippen molar-refractivity contribution in [2.75, 3.05) is 0 Å². The van der Waals surface area contributed by atoms with Gasteiger partial charge in [0.1, 0.15) is 6.54 Å². The summed E-state index contributed by atoms with van der Waals surface area (Å²) >= 11 is 0. The van der Waals surface area contributed by atoms with Gasteiger partial charge in [-0.1, -0.05) is 6.07 Å². The van der Waals surface area contributed by atoms with Crippen LogP contribution in [0, 0.1) is 0 Å². The molecule has 0 saturated heterocycles. The Morgan fingerprint density at radius 2 is 2.05 bits per heavy atom. The SMILES string of the molecule is O=C(O)c1ccc2c(c1)CN(C(=O)Cn1cccn1)C2. The second kappa shape index (κ2) is 4.80. The van der Waals surface area contributed by atoms with Crippen LogP contribution in [0.1, 0.15) is 21.5 Å². The maximum absolute atomic E-state index is 12.1. The highest BCUT2D eigenvalue weighted by molar-refractivity contribution is 5.88. The number of carbonyl (C=O) groups is 2. The summed E-state index contributed by atoms with van der Waals surface area (Å²) in [6.07, 6.45) is 3.37. The quantitative estimate of drug-likeness (QED) is 0.907. The molecule has 6 heteroatoms. The van der Waals surface area contributed by atoms with Crippen molar-refractivity contribution in [3.63, 3.8) is 0 Å². The average Bonchev–Trinajstić information content (AvgIpc) is 3.05. The topological polar surface area (TPSA) is 75.4 Å². The first-order chi connectivity index (χ1) is 9.63. The van der Waals surface area contributed by atoms with Gasteiger partial charge in [0.05, 0.1) is 5.56 Å². The molecule has 0 saturated carbocycles. The van der Waals surface area contributed by atoms with Gasteiger partial charge in [-0.3, -0.25) is 9.48 Å². The van der Waals surface area contributed by atoms with Crippen molar-refractivity contribution < 1.29 is 14.7 Å². The maximum Gasteiger partial charge on any atom is 0.335 e. The lowest BCUT2D eigenvalue weighted by atomic mass is 10.1. The van der Waals surface area contributed by atoms with Crippen molar-refractivity contribution in [1.29, 1.82) is 0 Å². The van der Waals surface area contributed by atoms with Crippen LogP contribution >= 0.6 is 0 Å². The van der Waals surface area contributed by atoms with E-state index in [2.05, 4.69) is 5.10 Å². The number of carboxylic acids is 1. The van der Waals surface area contributed by atoms with Crippen LogP contribution in [0.3, 0.4) is 0 Å². The zero-order valence-corrected chi connectivity index (χ0v) is 10.7. The van der Waals surface area contributed by atoms with Gasteiger partial charge in [0, 0.05) is 25.5 Å². The highest BCUT2D eigenvalue weighted by Gasteiger charge is 2.24. The van der Waals surface area contributed by atoms with E-state index in [4.69, 9.17) is 5.11 Å². The Labute approximate surface area is 115 Å². The van der Waals surface area contributed by atoms with E-state index >= 15 is 0 Å². The molecule has 0 spiro atoms. The monoisotopic (exact) mass is 271 g/mol. The molecular formula is C14H13N3O3. The number of aromatic nitrogens is 2. The molecule has 20 heavy (non-hydrogen) atoms. The first-order valence-corrected chi connectivity index (χ1v) is 6.24. The van der Waals surface area contributed by atoms with Gasteiger partial charge in [-0.2, -0.15) is 5.10 Å². The smallest absolute Gasteiger partial charge is 0.335 e. The predicted molar refractivity (Wildman–Crippen MR) is 69.9 cm³/mol. The molecule has 102 valence electrons. The lowest BCUT2D eigenvalue weighted by Gasteiger charge is -2.15. The molecule has 1 N–H and O–H groups in total. The van der Waals surface area contributed by atoms with Gasteiger partial charge in [0.15, 0.2) is 0 Å². The predicted octanol–water partition coefficient (Wildman–Crippen LogP) is 1.12. The van der Waals surface area contributed by atoms with Crippen molar-refractivity contribution in [3.8, 4) is 0 Å². The second-order valence-electron chi connectivity index (χ2n) is 4.74. The van der Waals surface area contributed by atoms with Crippen molar-refractivity contribution in [3.05, 3.63) is 53.3 Å². The summed E-state index contributed by atoms with van der Waals surface area (Å²) in [4.78, 5) is 24.8. The summed E-state index contributed by atoms with van der Waals surface area (Å²) in [5.74, 6) is -0.976. The molecule has 1 aliphatic rings. The summed E-state index contributed by atoms with van der Waals surface area (Å²) in [6.45, 7) is 1.18. The fourth-order valence-electron chi connectivity index (χ4n) is 2.34. The molecule has 0 unspecified atom stereocenters. The highest BCUT2D eigenvalue weighted by atomic mass is 16.4. The van der Waals surface area contributed by atoms with Gasteiger partial charge in [0.2, 0.25) is 5.91 Å². The minimum atomic E-state index is -0.950. The van der Waals surface area contributed by atoms with Gasteiger partial charge in [0.25, 0.3) is 0 Å². The van der Waals surface area contributed by atoms with Gasteiger partial charge in [-0.15, -0.1) is 0 Å². The summed E-state index contributed by atoms with van der Waals surface area (Å²) in [6, 6.07) is 6.76. The van der Waals surface area contributed by atoms with Crippen molar-refractivity contribution in [1.82, 2.24) is 14.7 Å². The zero-order valence-electron chi connectivity index (χ0n) is 10.7. The number of carbonyl (C=O) groups excluding carboxylic acids is 1. The van der Waals surface area contributed by atoms with Crippen LogP contribution in [0.15, 0.2) is 36.7 Å². The third-order valence-electron chi connectivity index (χ3n) is 3.38. The number of fused-ring (bicyclic) bond motifs is 1. The van der Waals surface area contributed by atoms with Crippen LogP contribution < -0.4 is 0 Å². The zero-order chi connectivity index (χ0) is 14.1. The summed E-state index contributed by atoms with van der Waals surface area (Å²) in [7, 11) is 0. The molecule has 2 aromatic rings. The molecule has 0 radical (unpaired) electrons. The minimum Gasteiger partial charge on any atom is -0.478 e. The first kappa shape index (κ1) is 12.4. The normalized spacial score (nSPS) is 13.3. The van der Waals surface area contributed by atoms with Crippen LogP contribution in [0.2, 0.25) is 0 Å². The Hall–Kier alpha value is -2.63. The Balaban J connectivity index is 1.73. The third kappa shape index (κ3) is 2.27. The average molecular weight is 271 g/mol. The van der Waals surface area contributed by atoms with E-state index in [0.717, 1.165) is 11.1 Å². The number of nitrogens with zero attached hydrogens (tertiary/aromatic N) is 3. The number of hydrogen-bond donors (Lipinski definition) is 1. The molecule has 6 nitrogen and oxygen atoms in total. The molecule has 1 aromatic carbocycles. The summed E-state index contributed by atoms with van der Waals surface area (Å²) in [5, 5.41) is 13.0. The molecular weight excluding hydrogens is 258 g/mol. The molecule has 3 rings (SSSR count). The van der Waals surface area contributed by atoms with Crippen molar-refractivity contribution in [2.24, 2.45) is 0 Å². The molecule has 1 amide bonds. The van der Waals surface area contributed by atoms with E-state index < -0.39 is 5.97 Å². The fraction of sp³-hybridized carbons (Fsp3) is 0.214. The minimum absolute atomic E-state index is 0.0261. The standard InChI is InChI=1S/C14H13N3O3/c18-13(9-17-5-1-4-15-17)16-7-11-3-2-10(14(19)20)6-12(11)8-16/h1-6H,7-9H2,(H,19,20). The van der Waals surface area contributed by atoms with Gasteiger partial charge >= 0.3 is 5.97 Å². The molecule has 1 aliphatic heterocycles. The number of hydrogen-bond acceptors (Lipinski definition) is 3. The number of amides is 1. The van der Waals surface area contributed by atoms with E-state index in [-0.39, 0.29) is 18.0 Å². The van der Waals surface area contributed by atoms with Gasteiger partial charge < -0.3 is 10.0 Å². The molecule has 0 fully saturated rings. The second-order valence-corrected chi connectivity index (χ2v) is 4.74. The van der Waals surface area contributed by atoms with Crippen molar-refractivity contribution >= 4 is 11.9 Å². The van der Waals surface area contributed by atoms with Crippen LogP contribution in [0.4, 0.5) is 0 Å². The summed E-state index contributed by atoms with van der Waals surface area (Å²) < 4.78 is 1.58. The van der Waals surface area contributed by atoms with E-state index in [9.17, 15) is 9.59 Å². The summed E-state index contributed by atoms with van der Waals surface area (Å²) in [5.41, 5.74) is 2.16. The van der Waals surface area contributed by atoms with Crippen LogP contribution in [0.5, 0.6) is 0 Å². The highest BCUT2D eigenvalue weighted by Crippen LogP contribution is 2.24. The number of carboxylic acid groups (broad SMARTS) is 1. The number of benzene rings is 1. The third-order valence-corrected chi connectivity index (χ3v) is 3.38. The van der Waals surface area contributed by atoms with Crippen molar-refractivity contribution in [2.45, 2.75) is 19.6 Å². The Kier molecular flexibility index (Phi) is 2.98. The Morgan fingerprint density at radius 1 is 1.25 bits per heavy atom. The van der Waals surface area contributed by atoms with Crippen LogP contribution in [-0.4, -0.2) is 31.7 Å². The van der Waals surface area contributed by atoms with Crippen LogP contribution in [0.25, 0.3) is 0 Å². The van der Waals surface area contributed by atoms with Gasteiger partial charge in [-0.25, -0.2) is 4.79 Å². The van der Waals surface area contributed by atoms with E-state index in [0.29, 0.717) is 13.1 Å². The molecule has 0 atom stereocenters. The first-order valence-electron chi connectivity index (χ1n) is 6.24. The lowest BCUT2D eigenvalue weighted by Crippen LogP contribution is -2.29. The maximum atomic E-state index is 12.1. The molecule has 2 heterocycles. The van der Waals surface area contributed by atoms with E-state index in [1.807, 2.05) is 0 Å². The molecule has 0 aliphatic carbocycles. The fourth-order valence-corrected chi connectivity index (χ4v) is 2.34. The number of rotatable bonds is 3. The largest absolute Gasteiger partial charge is 0.478 e. The lowest BCUT2D eigenvalue weighted by molar-refractivity contribution is -0.132. The number of aromatic carboxylic acids is 1. The van der Waals surface area contributed by atoms with Gasteiger partial charge in [-0.05, 0) is 29.3 Å². The Bertz CT molecular complexity index is 664. The van der Waals surface area contributed by atoms with E-state index in [1.165, 1.54) is 0 Å². The molecule has 0 bridgehead atoms. The Morgan fingerprint density at radius 3 is 2.75 bits per heavy atom. The van der Waals surface area contributed by atoms with Crippen LogP contribution in [-0.2, 0) is 24.4 Å². The molecule has 1 aromatic heterocycles.